The summed E-state index contributed by atoms with van der Waals surface area (Å²) in [4.78, 5) is 19.7. The average molecular weight is 320 g/mol. The number of nitrogens with zero attached hydrogens (tertiary/aromatic N) is 3. The third-order valence-electron chi connectivity index (χ3n) is 3.22. The maximum atomic E-state index is 11.6. The first-order valence-electron chi connectivity index (χ1n) is 7.92. The number of amides is 1. The molecule has 0 saturated carbocycles. The topological polar surface area (TPSA) is 57.2 Å². The molecule has 0 aliphatic carbocycles. The molecule has 1 amide bonds. The molecular formula is C17H28N4O2. The van der Waals surface area contributed by atoms with E-state index < -0.39 is 0 Å². The Morgan fingerprint density at radius 1 is 1.22 bits per heavy atom. The summed E-state index contributed by atoms with van der Waals surface area (Å²) < 4.78 is 5.69. The van der Waals surface area contributed by atoms with Crippen molar-refractivity contribution in [3.8, 4) is 5.75 Å². The van der Waals surface area contributed by atoms with E-state index in [0.717, 1.165) is 18.3 Å². The molecule has 1 rings (SSSR count). The van der Waals surface area contributed by atoms with E-state index in [1.807, 2.05) is 49.2 Å². The number of aliphatic imine (C=N–C) groups is 1. The summed E-state index contributed by atoms with van der Waals surface area (Å²) in [6.45, 7) is 4.56. The number of nitrogens with one attached hydrogen (secondary N) is 1. The lowest BCUT2D eigenvalue weighted by atomic mass is 10.3. The number of benzene rings is 1. The molecule has 0 fully saturated rings. The molecule has 0 aliphatic rings. The molecule has 6 heteroatoms. The third kappa shape index (κ3) is 7.54. The van der Waals surface area contributed by atoms with Crippen molar-refractivity contribution in [2.75, 3.05) is 47.4 Å². The van der Waals surface area contributed by atoms with Crippen molar-refractivity contribution in [1.82, 2.24) is 15.1 Å². The zero-order chi connectivity index (χ0) is 17.1. The number of hydrogen-bond acceptors (Lipinski definition) is 3. The van der Waals surface area contributed by atoms with Gasteiger partial charge < -0.3 is 19.9 Å². The first kappa shape index (κ1) is 18.8. The van der Waals surface area contributed by atoms with Crippen LogP contribution in [0.2, 0.25) is 0 Å². The standard InChI is InChI=1S/C17H28N4O2/c1-5-18-17(19-12-11-16(22)20(2)3)21(4)13-14-23-15-9-7-6-8-10-15/h6-10H,5,11-14H2,1-4H3,(H,18,19). The minimum Gasteiger partial charge on any atom is -0.492 e. The fraction of sp³-hybridized carbons (Fsp3) is 0.529. The highest BCUT2D eigenvalue weighted by atomic mass is 16.5. The van der Waals surface area contributed by atoms with E-state index in [-0.39, 0.29) is 5.91 Å². The van der Waals surface area contributed by atoms with Gasteiger partial charge in [-0.1, -0.05) is 18.2 Å². The maximum Gasteiger partial charge on any atom is 0.223 e. The summed E-state index contributed by atoms with van der Waals surface area (Å²) in [6.07, 6.45) is 0.413. The highest BCUT2D eigenvalue weighted by Gasteiger charge is 2.07. The Balaban J connectivity index is 2.43. The lowest BCUT2D eigenvalue weighted by molar-refractivity contribution is -0.128. The number of hydrogen-bond donors (Lipinski definition) is 1. The zero-order valence-electron chi connectivity index (χ0n) is 14.6. The van der Waals surface area contributed by atoms with E-state index in [4.69, 9.17) is 4.74 Å². The molecule has 0 radical (unpaired) electrons. The first-order valence-corrected chi connectivity index (χ1v) is 7.92. The minimum atomic E-state index is 0.0830. The minimum absolute atomic E-state index is 0.0830. The van der Waals surface area contributed by atoms with Crippen LogP contribution in [0.4, 0.5) is 0 Å². The molecule has 0 unspecified atom stereocenters. The van der Waals surface area contributed by atoms with Crippen molar-refractivity contribution in [2.24, 2.45) is 4.99 Å². The average Bonchev–Trinajstić information content (AvgIpc) is 2.54. The molecule has 0 aromatic heterocycles. The second kappa shape index (κ2) is 10.5. The first-order chi connectivity index (χ1) is 11.0. The molecule has 0 bridgehead atoms. The zero-order valence-corrected chi connectivity index (χ0v) is 14.6. The Labute approximate surface area is 139 Å². The van der Waals surface area contributed by atoms with Gasteiger partial charge in [-0.15, -0.1) is 0 Å². The van der Waals surface area contributed by atoms with Gasteiger partial charge in [0.1, 0.15) is 12.4 Å². The van der Waals surface area contributed by atoms with Gasteiger partial charge in [0.2, 0.25) is 5.91 Å². The third-order valence-corrected chi connectivity index (χ3v) is 3.22. The van der Waals surface area contributed by atoms with E-state index in [1.165, 1.54) is 0 Å². The van der Waals surface area contributed by atoms with Crippen LogP contribution in [0.5, 0.6) is 5.75 Å². The summed E-state index contributed by atoms with van der Waals surface area (Å²) in [5, 5.41) is 3.23. The van der Waals surface area contributed by atoms with Crippen molar-refractivity contribution >= 4 is 11.9 Å². The van der Waals surface area contributed by atoms with Gasteiger partial charge in [-0.2, -0.15) is 0 Å². The summed E-state index contributed by atoms with van der Waals surface area (Å²) >= 11 is 0. The smallest absolute Gasteiger partial charge is 0.223 e. The van der Waals surface area contributed by atoms with Crippen molar-refractivity contribution in [3.05, 3.63) is 30.3 Å². The van der Waals surface area contributed by atoms with E-state index in [0.29, 0.717) is 26.1 Å². The maximum absolute atomic E-state index is 11.6. The Hall–Kier alpha value is -2.24. The molecule has 6 nitrogen and oxygen atoms in total. The van der Waals surface area contributed by atoms with Crippen LogP contribution in [0, 0.1) is 0 Å². The van der Waals surface area contributed by atoms with Crippen molar-refractivity contribution in [2.45, 2.75) is 13.3 Å². The van der Waals surface area contributed by atoms with Crippen LogP contribution >= 0.6 is 0 Å². The monoisotopic (exact) mass is 320 g/mol. The van der Waals surface area contributed by atoms with Crippen molar-refractivity contribution < 1.29 is 9.53 Å². The lowest BCUT2D eigenvalue weighted by Crippen LogP contribution is -2.41. The number of likely N-dealkylation sites (N-methyl/N-ethyl adjacent to an activating group) is 1. The van der Waals surface area contributed by atoms with Gasteiger partial charge in [0, 0.05) is 34.1 Å². The van der Waals surface area contributed by atoms with Crippen LogP contribution in [-0.4, -0.2) is 69.1 Å². The predicted octanol–water partition coefficient (Wildman–Crippen LogP) is 1.44. The van der Waals surface area contributed by atoms with Crippen molar-refractivity contribution in [3.63, 3.8) is 0 Å². The van der Waals surface area contributed by atoms with E-state index in [1.54, 1.807) is 19.0 Å². The fourth-order valence-electron chi connectivity index (χ4n) is 1.87. The second-order valence-corrected chi connectivity index (χ2v) is 5.36. The Bertz CT molecular complexity index is 489. The molecule has 23 heavy (non-hydrogen) atoms. The second-order valence-electron chi connectivity index (χ2n) is 5.36. The molecule has 0 saturated heterocycles. The van der Waals surface area contributed by atoms with Gasteiger partial charge in [-0.3, -0.25) is 9.79 Å². The van der Waals surface area contributed by atoms with Crippen LogP contribution in [0.15, 0.2) is 35.3 Å². The molecular weight excluding hydrogens is 292 g/mol. The van der Waals surface area contributed by atoms with E-state index in [2.05, 4.69) is 10.3 Å². The van der Waals surface area contributed by atoms with Gasteiger partial charge >= 0.3 is 0 Å². The summed E-state index contributed by atoms with van der Waals surface area (Å²) in [6, 6.07) is 9.74. The lowest BCUT2D eigenvalue weighted by Gasteiger charge is -2.22. The SMILES string of the molecule is CCNC(=NCCC(=O)N(C)C)N(C)CCOc1ccccc1. The molecule has 0 heterocycles. The van der Waals surface area contributed by atoms with E-state index in [9.17, 15) is 4.79 Å². The fourth-order valence-corrected chi connectivity index (χ4v) is 1.87. The van der Waals surface area contributed by atoms with Gasteiger partial charge in [0.25, 0.3) is 0 Å². The highest BCUT2D eigenvalue weighted by Crippen LogP contribution is 2.07. The summed E-state index contributed by atoms with van der Waals surface area (Å²) in [5.74, 6) is 1.73. The molecule has 0 aliphatic heterocycles. The van der Waals surface area contributed by atoms with Crippen molar-refractivity contribution in [1.29, 1.82) is 0 Å². The Morgan fingerprint density at radius 2 is 1.91 bits per heavy atom. The van der Waals surface area contributed by atoms with Gasteiger partial charge in [-0.25, -0.2) is 0 Å². The van der Waals surface area contributed by atoms with Crippen LogP contribution in [0.1, 0.15) is 13.3 Å². The molecule has 1 aromatic carbocycles. The Kier molecular flexibility index (Phi) is 8.57. The van der Waals surface area contributed by atoms with Gasteiger partial charge in [0.05, 0.1) is 13.1 Å². The number of guanidine groups is 1. The van der Waals surface area contributed by atoms with Crippen LogP contribution in [0.25, 0.3) is 0 Å². The normalized spacial score (nSPS) is 11.0. The predicted molar refractivity (Wildman–Crippen MR) is 93.9 cm³/mol. The number of carbonyl (C=O) groups excluding carboxylic acids is 1. The summed E-state index contributed by atoms with van der Waals surface area (Å²) in [5.41, 5.74) is 0. The molecule has 0 atom stereocenters. The molecule has 1 N–H and O–H groups in total. The van der Waals surface area contributed by atoms with Gasteiger partial charge in [0.15, 0.2) is 5.96 Å². The Morgan fingerprint density at radius 3 is 2.52 bits per heavy atom. The van der Waals surface area contributed by atoms with E-state index >= 15 is 0 Å². The van der Waals surface area contributed by atoms with Gasteiger partial charge in [-0.05, 0) is 19.1 Å². The largest absolute Gasteiger partial charge is 0.492 e. The van der Waals surface area contributed by atoms with Crippen LogP contribution < -0.4 is 10.1 Å². The summed E-state index contributed by atoms with van der Waals surface area (Å²) in [7, 11) is 5.47. The number of rotatable bonds is 8. The van der Waals surface area contributed by atoms with Crippen LogP contribution in [0.3, 0.4) is 0 Å². The molecule has 0 spiro atoms. The molecule has 1 aromatic rings. The number of ether oxygens (including phenoxy) is 1. The quantitative estimate of drug-likeness (QED) is 0.582. The van der Waals surface area contributed by atoms with Crippen LogP contribution in [-0.2, 0) is 4.79 Å². The number of para-hydroxylation sites is 1. The number of carbonyl (C=O) groups is 1. The molecule has 128 valence electrons. The highest BCUT2D eigenvalue weighted by molar-refractivity contribution is 5.80.